The smallest absolute Gasteiger partial charge is 0.251 e. The van der Waals surface area contributed by atoms with Crippen molar-refractivity contribution in [3.63, 3.8) is 0 Å². The summed E-state index contributed by atoms with van der Waals surface area (Å²) in [5.74, 6) is 0.359. The van der Waals surface area contributed by atoms with E-state index in [4.69, 9.17) is 0 Å². The normalized spacial score (nSPS) is 11.1. The number of halogens is 1. The van der Waals surface area contributed by atoms with E-state index < -0.39 is 0 Å². The Kier molecular flexibility index (Phi) is 7.61. The van der Waals surface area contributed by atoms with Gasteiger partial charge in [0.25, 0.3) is 5.91 Å². The highest BCUT2D eigenvalue weighted by Gasteiger charge is 2.07. The Bertz CT molecular complexity index is 761. The number of benzene rings is 2. The number of hydrogen-bond donors (Lipinski definition) is 3. The number of rotatable bonds is 7. The van der Waals surface area contributed by atoms with Gasteiger partial charge in [-0.1, -0.05) is 12.1 Å². The average molecular weight is 372 g/mol. The molecule has 2 aromatic rings. The highest BCUT2D eigenvalue weighted by atomic mass is 19.1. The molecule has 27 heavy (non-hydrogen) atoms. The minimum absolute atomic E-state index is 0.121. The maximum Gasteiger partial charge on any atom is 0.251 e. The van der Waals surface area contributed by atoms with Gasteiger partial charge in [-0.25, -0.2) is 4.39 Å². The summed E-state index contributed by atoms with van der Waals surface area (Å²) in [6.45, 7) is 4.09. The Labute approximate surface area is 158 Å². The van der Waals surface area contributed by atoms with Crippen LogP contribution in [0.2, 0.25) is 0 Å². The molecular formula is C20H25FN4O2. The molecule has 0 radical (unpaired) electrons. The monoisotopic (exact) mass is 372 g/mol. The highest BCUT2D eigenvalue weighted by molar-refractivity contribution is 5.94. The molecule has 0 atom stereocenters. The van der Waals surface area contributed by atoms with Crippen LogP contribution in [-0.4, -0.2) is 48.6 Å². The molecule has 2 aromatic carbocycles. The summed E-state index contributed by atoms with van der Waals surface area (Å²) in [4.78, 5) is 18.5. The summed E-state index contributed by atoms with van der Waals surface area (Å²) in [7, 11) is 1.90. The van der Waals surface area contributed by atoms with Gasteiger partial charge in [0.05, 0.1) is 6.54 Å². The van der Waals surface area contributed by atoms with Gasteiger partial charge in [0, 0.05) is 32.2 Å². The fourth-order valence-electron chi connectivity index (χ4n) is 2.45. The van der Waals surface area contributed by atoms with Crippen LogP contribution in [0, 0.1) is 5.82 Å². The molecule has 3 N–H and O–H groups in total. The number of guanidine groups is 1. The van der Waals surface area contributed by atoms with Gasteiger partial charge >= 0.3 is 0 Å². The molecule has 144 valence electrons. The molecule has 0 aliphatic heterocycles. The second kappa shape index (κ2) is 10.2. The standard InChI is InChI=1S/C20H25FN4O2/c1-3-22-20(25(2)14-15-4-8-17(21)9-5-15)24-13-12-23-19(27)16-6-10-18(26)11-7-16/h4-11,26H,3,12-14H2,1-2H3,(H,22,24)(H,23,27). The first-order valence-corrected chi connectivity index (χ1v) is 8.80. The van der Waals surface area contributed by atoms with E-state index in [0.717, 1.165) is 5.56 Å². The summed E-state index contributed by atoms with van der Waals surface area (Å²) in [6.07, 6.45) is 0. The molecule has 7 heteroatoms. The van der Waals surface area contributed by atoms with Crippen LogP contribution in [-0.2, 0) is 6.54 Å². The molecule has 0 spiro atoms. The van der Waals surface area contributed by atoms with Crippen molar-refractivity contribution in [2.75, 3.05) is 26.7 Å². The number of aromatic hydroxyl groups is 1. The summed E-state index contributed by atoms with van der Waals surface area (Å²) in [5.41, 5.74) is 1.46. The third-order valence-electron chi connectivity index (χ3n) is 3.82. The summed E-state index contributed by atoms with van der Waals surface area (Å²) < 4.78 is 13.0. The molecule has 2 rings (SSSR count). The van der Waals surface area contributed by atoms with Crippen molar-refractivity contribution in [1.29, 1.82) is 0 Å². The quantitative estimate of drug-likeness (QED) is 0.396. The SMILES string of the molecule is CCNC(=NCCNC(=O)c1ccc(O)cc1)N(C)Cc1ccc(F)cc1. The molecular weight excluding hydrogens is 347 g/mol. The fraction of sp³-hybridized carbons (Fsp3) is 0.300. The molecule has 0 heterocycles. The van der Waals surface area contributed by atoms with Crippen molar-refractivity contribution >= 4 is 11.9 Å². The largest absolute Gasteiger partial charge is 0.508 e. The Hall–Kier alpha value is -3.09. The number of phenols is 1. The van der Waals surface area contributed by atoms with Crippen LogP contribution in [0.5, 0.6) is 5.75 Å². The lowest BCUT2D eigenvalue weighted by atomic mass is 10.2. The molecule has 6 nitrogen and oxygen atoms in total. The van der Waals surface area contributed by atoms with E-state index in [1.54, 1.807) is 24.3 Å². The van der Waals surface area contributed by atoms with E-state index in [-0.39, 0.29) is 17.5 Å². The first kappa shape index (κ1) is 20.2. The third kappa shape index (κ3) is 6.62. The number of carbonyl (C=O) groups excluding carboxylic acids is 1. The van der Waals surface area contributed by atoms with E-state index in [1.165, 1.54) is 24.3 Å². The van der Waals surface area contributed by atoms with Crippen LogP contribution >= 0.6 is 0 Å². The van der Waals surface area contributed by atoms with E-state index in [0.29, 0.717) is 37.7 Å². The van der Waals surface area contributed by atoms with Gasteiger partial charge in [-0.15, -0.1) is 0 Å². The molecule has 0 fully saturated rings. The van der Waals surface area contributed by atoms with Gasteiger partial charge in [-0.05, 0) is 48.9 Å². The Balaban J connectivity index is 1.87. The third-order valence-corrected chi connectivity index (χ3v) is 3.82. The van der Waals surface area contributed by atoms with Crippen LogP contribution in [0.1, 0.15) is 22.8 Å². The lowest BCUT2D eigenvalue weighted by Gasteiger charge is -2.22. The second-order valence-corrected chi connectivity index (χ2v) is 6.02. The Morgan fingerprint density at radius 2 is 1.78 bits per heavy atom. The zero-order chi connectivity index (χ0) is 19.6. The van der Waals surface area contributed by atoms with E-state index in [9.17, 15) is 14.3 Å². The fourth-order valence-corrected chi connectivity index (χ4v) is 2.45. The van der Waals surface area contributed by atoms with E-state index in [2.05, 4.69) is 15.6 Å². The predicted octanol–water partition coefficient (Wildman–Crippen LogP) is 2.36. The minimum Gasteiger partial charge on any atom is -0.508 e. The number of aliphatic imine (C=N–C) groups is 1. The lowest BCUT2D eigenvalue weighted by Crippen LogP contribution is -2.39. The van der Waals surface area contributed by atoms with Crippen LogP contribution in [0.15, 0.2) is 53.5 Å². The Morgan fingerprint density at radius 1 is 1.11 bits per heavy atom. The molecule has 0 unspecified atom stereocenters. The van der Waals surface area contributed by atoms with Gasteiger partial charge in [0.2, 0.25) is 0 Å². The maximum absolute atomic E-state index is 13.0. The van der Waals surface area contributed by atoms with Crippen molar-refractivity contribution in [1.82, 2.24) is 15.5 Å². The van der Waals surface area contributed by atoms with Crippen molar-refractivity contribution in [3.8, 4) is 5.75 Å². The number of nitrogens with zero attached hydrogens (tertiary/aromatic N) is 2. The maximum atomic E-state index is 13.0. The van der Waals surface area contributed by atoms with Crippen LogP contribution < -0.4 is 10.6 Å². The van der Waals surface area contributed by atoms with Crippen molar-refractivity contribution in [3.05, 3.63) is 65.5 Å². The second-order valence-electron chi connectivity index (χ2n) is 6.02. The molecule has 0 aliphatic carbocycles. The van der Waals surface area contributed by atoms with Gasteiger partial charge < -0.3 is 20.6 Å². The number of nitrogens with one attached hydrogen (secondary N) is 2. The highest BCUT2D eigenvalue weighted by Crippen LogP contribution is 2.09. The molecule has 1 amide bonds. The molecule has 0 bridgehead atoms. The predicted molar refractivity (Wildman–Crippen MR) is 104 cm³/mol. The molecule has 0 aliphatic rings. The topological polar surface area (TPSA) is 77.0 Å². The number of carbonyl (C=O) groups is 1. The zero-order valence-electron chi connectivity index (χ0n) is 15.6. The number of phenolic OH excluding ortho intramolecular Hbond substituents is 1. The van der Waals surface area contributed by atoms with Gasteiger partial charge in [-0.3, -0.25) is 9.79 Å². The summed E-state index contributed by atoms with van der Waals surface area (Å²) >= 11 is 0. The summed E-state index contributed by atoms with van der Waals surface area (Å²) in [6, 6.07) is 12.4. The van der Waals surface area contributed by atoms with Crippen molar-refractivity contribution in [2.24, 2.45) is 4.99 Å². The van der Waals surface area contributed by atoms with Crippen molar-refractivity contribution < 1.29 is 14.3 Å². The van der Waals surface area contributed by atoms with Crippen LogP contribution in [0.3, 0.4) is 0 Å². The van der Waals surface area contributed by atoms with Gasteiger partial charge in [0.1, 0.15) is 11.6 Å². The molecule has 0 aromatic heterocycles. The first-order valence-electron chi connectivity index (χ1n) is 8.80. The van der Waals surface area contributed by atoms with Crippen molar-refractivity contribution in [2.45, 2.75) is 13.5 Å². The van der Waals surface area contributed by atoms with Gasteiger partial charge in [0.15, 0.2) is 5.96 Å². The minimum atomic E-state index is -0.258. The lowest BCUT2D eigenvalue weighted by molar-refractivity contribution is 0.0955. The first-order chi connectivity index (χ1) is 13.0. The van der Waals surface area contributed by atoms with Gasteiger partial charge in [-0.2, -0.15) is 0 Å². The molecule has 0 saturated heterocycles. The van der Waals surface area contributed by atoms with E-state index >= 15 is 0 Å². The number of amides is 1. The Morgan fingerprint density at radius 3 is 2.41 bits per heavy atom. The summed E-state index contributed by atoms with van der Waals surface area (Å²) in [5, 5.41) is 15.3. The average Bonchev–Trinajstić information content (AvgIpc) is 2.66. The van der Waals surface area contributed by atoms with Crippen LogP contribution in [0.4, 0.5) is 4.39 Å². The zero-order valence-corrected chi connectivity index (χ0v) is 15.6. The van der Waals surface area contributed by atoms with E-state index in [1.807, 2.05) is 18.9 Å². The van der Waals surface area contributed by atoms with Crippen LogP contribution in [0.25, 0.3) is 0 Å². The molecule has 0 saturated carbocycles. The number of hydrogen-bond acceptors (Lipinski definition) is 3.